The maximum Gasteiger partial charge on any atom is 0.142 e. The summed E-state index contributed by atoms with van der Waals surface area (Å²) in [5.41, 5.74) is 2.10. The molecule has 0 spiro atoms. The van der Waals surface area contributed by atoms with Crippen LogP contribution in [0.15, 0.2) is 41.4 Å². The van der Waals surface area contributed by atoms with Crippen molar-refractivity contribution in [1.29, 1.82) is 0 Å². The lowest BCUT2D eigenvalue weighted by Crippen LogP contribution is -1.95. The smallest absolute Gasteiger partial charge is 0.142 e. The van der Waals surface area contributed by atoms with Crippen molar-refractivity contribution in [3.63, 3.8) is 0 Å². The van der Waals surface area contributed by atoms with Gasteiger partial charge in [-0.2, -0.15) is 0 Å². The zero-order valence-electron chi connectivity index (χ0n) is 8.38. The Kier molecular flexibility index (Phi) is 2.63. The summed E-state index contributed by atoms with van der Waals surface area (Å²) in [5.74, 6) is 0.833. The number of carbonyl (C=O) groups excluding carboxylic acids is 1. The van der Waals surface area contributed by atoms with Gasteiger partial charge in [-0.1, -0.05) is 6.08 Å². The molecule has 1 aliphatic heterocycles. The molecule has 1 aromatic rings. The molecule has 3 heteroatoms. The third-order valence-electron chi connectivity index (χ3n) is 2.25. The first-order valence-electron chi connectivity index (χ1n) is 4.69. The molecule has 15 heavy (non-hydrogen) atoms. The number of ether oxygens (including phenoxy) is 1. The Hall–Kier alpha value is -1.90. The van der Waals surface area contributed by atoms with Gasteiger partial charge in [0.2, 0.25) is 0 Å². The highest BCUT2D eigenvalue weighted by atomic mass is 16.5. The molecule has 0 amide bonds. The topological polar surface area (TPSA) is 38.7 Å². The van der Waals surface area contributed by atoms with E-state index in [1.807, 2.05) is 24.3 Å². The van der Waals surface area contributed by atoms with Crippen molar-refractivity contribution in [3.8, 4) is 5.75 Å². The summed E-state index contributed by atoms with van der Waals surface area (Å²) in [7, 11) is 1.64. The Bertz CT molecular complexity index is 418. The van der Waals surface area contributed by atoms with Gasteiger partial charge in [-0.25, -0.2) is 0 Å². The highest BCUT2D eigenvalue weighted by Gasteiger charge is 2.25. The van der Waals surface area contributed by atoms with E-state index in [1.54, 1.807) is 13.2 Å². The molecule has 0 aromatic heterocycles. The SMILES string of the molecule is COc1ccc(C2=NC2/C=C\C=O)cc1. The number of hydrogen-bond acceptors (Lipinski definition) is 3. The van der Waals surface area contributed by atoms with E-state index in [9.17, 15) is 4.79 Å². The van der Waals surface area contributed by atoms with Gasteiger partial charge in [0.05, 0.1) is 12.8 Å². The first-order valence-corrected chi connectivity index (χ1v) is 4.69. The molecule has 1 unspecified atom stereocenters. The fourth-order valence-electron chi connectivity index (χ4n) is 1.40. The molecular weight excluding hydrogens is 190 g/mol. The molecule has 1 atom stereocenters. The van der Waals surface area contributed by atoms with E-state index in [1.165, 1.54) is 6.08 Å². The third kappa shape index (κ3) is 2.13. The molecule has 0 fully saturated rings. The Labute approximate surface area is 88.1 Å². The van der Waals surface area contributed by atoms with Crippen LogP contribution < -0.4 is 4.74 Å². The van der Waals surface area contributed by atoms with Gasteiger partial charge in [-0.15, -0.1) is 0 Å². The molecule has 3 nitrogen and oxygen atoms in total. The van der Waals surface area contributed by atoms with E-state index in [0.717, 1.165) is 23.3 Å². The van der Waals surface area contributed by atoms with Gasteiger partial charge >= 0.3 is 0 Å². The van der Waals surface area contributed by atoms with Gasteiger partial charge in [0, 0.05) is 0 Å². The van der Waals surface area contributed by atoms with Crippen LogP contribution in [0.1, 0.15) is 5.56 Å². The summed E-state index contributed by atoms with van der Waals surface area (Å²) in [5, 5.41) is 0. The summed E-state index contributed by atoms with van der Waals surface area (Å²) in [6.45, 7) is 0. The molecule has 0 radical (unpaired) electrons. The zero-order chi connectivity index (χ0) is 10.7. The molecule has 2 rings (SSSR count). The summed E-state index contributed by atoms with van der Waals surface area (Å²) in [6, 6.07) is 7.82. The second-order valence-electron chi connectivity index (χ2n) is 3.21. The van der Waals surface area contributed by atoms with Gasteiger partial charge in [-0.05, 0) is 35.9 Å². The number of hydrogen-bond donors (Lipinski definition) is 0. The van der Waals surface area contributed by atoms with Crippen LogP contribution in [0, 0.1) is 0 Å². The van der Waals surface area contributed by atoms with E-state index < -0.39 is 0 Å². The minimum absolute atomic E-state index is 0.0867. The van der Waals surface area contributed by atoms with E-state index in [0.29, 0.717) is 0 Å². The lowest BCUT2D eigenvalue weighted by Gasteiger charge is -1.98. The number of rotatable bonds is 4. The Balaban J connectivity index is 2.03. The molecular formula is C12H11NO2. The largest absolute Gasteiger partial charge is 0.497 e. The number of allylic oxidation sites excluding steroid dienone is 1. The van der Waals surface area contributed by atoms with Crippen LogP contribution in [0.5, 0.6) is 5.75 Å². The highest BCUT2D eigenvalue weighted by Crippen LogP contribution is 2.22. The molecule has 1 heterocycles. The molecule has 0 aliphatic carbocycles. The van der Waals surface area contributed by atoms with Gasteiger partial charge in [0.1, 0.15) is 18.1 Å². The van der Waals surface area contributed by atoms with Crippen molar-refractivity contribution in [2.45, 2.75) is 6.04 Å². The Morgan fingerprint density at radius 1 is 1.33 bits per heavy atom. The van der Waals surface area contributed by atoms with Crippen LogP contribution in [0.4, 0.5) is 0 Å². The summed E-state index contributed by atoms with van der Waals surface area (Å²) >= 11 is 0. The predicted molar refractivity (Wildman–Crippen MR) is 58.5 cm³/mol. The monoisotopic (exact) mass is 201 g/mol. The van der Waals surface area contributed by atoms with Gasteiger partial charge in [0.15, 0.2) is 0 Å². The predicted octanol–water partition coefficient (Wildman–Crippen LogP) is 1.62. The lowest BCUT2D eigenvalue weighted by molar-refractivity contribution is -0.104. The molecule has 1 aromatic carbocycles. The van der Waals surface area contributed by atoms with E-state index in [-0.39, 0.29) is 6.04 Å². The first-order chi connectivity index (χ1) is 7.35. The minimum atomic E-state index is 0.0867. The number of carbonyl (C=O) groups is 1. The second-order valence-corrected chi connectivity index (χ2v) is 3.21. The Morgan fingerprint density at radius 2 is 2.07 bits per heavy atom. The van der Waals surface area contributed by atoms with Gasteiger partial charge in [-0.3, -0.25) is 9.79 Å². The van der Waals surface area contributed by atoms with Crippen LogP contribution in [0.2, 0.25) is 0 Å². The Morgan fingerprint density at radius 3 is 2.67 bits per heavy atom. The lowest BCUT2D eigenvalue weighted by atomic mass is 10.1. The number of aliphatic imine (C=N–C) groups is 1. The van der Waals surface area contributed by atoms with Gasteiger partial charge in [0.25, 0.3) is 0 Å². The first kappa shape index (κ1) is 9.65. The van der Waals surface area contributed by atoms with Crippen molar-refractivity contribution in [1.82, 2.24) is 0 Å². The minimum Gasteiger partial charge on any atom is -0.497 e. The van der Waals surface area contributed by atoms with E-state index >= 15 is 0 Å². The molecule has 0 N–H and O–H groups in total. The molecule has 0 bridgehead atoms. The quantitative estimate of drug-likeness (QED) is 0.548. The summed E-state index contributed by atoms with van der Waals surface area (Å²) in [4.78, 5) is 14.4. The fourth-order valence-corrected chi connectivity index (χ4v) is 1.40. The average molecular weight is 201 g/mol. The molecule has 76 valence electrons. The summed E-state index contributed by atoms with van der Waals surface area (Å²) < 4.78 is 5.06. The van der Waals surface area contributed by atoms with Crippen LogP contribution in [0.25, 0.3) is 0 Å². The van der Waals surface area contributed by atoms with Crippen LogP contribution in [-0.4, -0.2) is 25.1 Å². The van der Waals surface area contributed by atoms with Crippen molar-refractivity contribution in [3.05, 3.63) is 42.0 Å². The van der Waals surface area contributed by atoms with Crippen LogP contribution in [0.3, 0.4) is 0 Å². The van der Waals surface area contributed by atoms with Gasteiger partial charge < -0.3 is 4.74 Å². The number of methoxy groups -OCH3 is 1. The van der Waals surface area contributed by atoms with Crippen molar-refractivity contribution in [2.24, 2.45) is 4.99 Å². The van der Waals surface area contributed by atoms with Crippen molar-refractivity contribution in [2.75, 3.05) is 7.11 Å². The molecule has 0 saturated heterocycles. The second kappa shape index (κ2) is 4.09. The highest BCUT2D eigenvalue weighted by molar-refractivity contribution is 6.14. The maximum absolute atomic E-state index is 10.1. The zero-order valence-corrected chi connectivity index (χ0v) is 8.38. The molecule has 0 saturated carbocycles. The average Bonchev–Trinajstić information content (AvgIpc) is 3.06. The van der Waals surface area contributed by atoms with Crippen molar-refractivity contribution >= 4 is 12.0 Å². The molecule has 1 aliphatic rings. The maximum atomic E-state index is 10.1. The van der Waals surface area contributed by atoms with E-state index in [4.69, 9.17) is 4.74 Å². The third-order valence-corrected chi connectivity index (χ3v) is 2.25. The standard InChI is InChI=1S/C12H11NO2/c1-15-10-6-4-9(5-7-10)12-11(13-12)3-2-8-14/h2-8,11H,1H3/b3-2-. The summed E-state index contributed by atoms with van der Waals surface area (Å²) in [6.07, 6.45) is 4.02. The number of nitrogens with zero attached hydrogens (tertiary/aromatic N) is 1. The number of aldehydes is 1. The normalized spacial score (nSPS) is 18.7. The fraction of sp³-hybridized carbons (Fsp3) is 0.167. The van der Waals surface area contributed by atoms with Crippen LogP contribution >= 0.6 is 0 Å². The van der Waals surface area contributed by atoms with E-state index in [2.05, 4.69) is 4.99 Å². The number of benzene rings is 1. The van der Waals surface area contributed by atoms with Crippen molar-refractivity contribution < 1.29 is 9.53 Å². The van der Waals surface area contributed by atoms with Crippen LogP contribution in [-0.2, 0) is 4.79 Å².